The van der Waals surface area contributed by atoms with Crippen LogP contribution in [0.5, 0.6) is 0 Å². The van der Waals surface area contributed by atoms with Crippen LogP contribution in [0.1, 0.15) is 39.0 Å². The molecule has 2 aliphatic carbocycles. The summed E-state index contributed by atoms with van der Waals surface area (Å²) in [5.74, 6) is 0.853. The third kappa shape index (κ3) is 1.90. The zero-order valence-corrected chi connectivity index (χ0v) is 8.86. The molecule has 0 N–H and O–H groups in total. The Bertz CT molecular complexity index is 288. The van der Waals surface area contributed by atoms with Gasteiger partial charge in [-0.1, -0.05) is 11.6 Å². The van der Waals surface area contributed by atoms with E-state index in [2.05, 4.69) is 23.2 Å². The number of rotatable bonds is 1. The van der Waals surface area contributed by atoms with Gasteiger partial charge in [0.25, 0.3) is 0 Å². The molecule has 2 rings (SSSR count). The quantitative estimate of drug-likeness (QED) is 0.353. The molecule has 2 unspecified atom stereocenters. The smallest absolute Gasteiger partial charge is 0.0867 e. The number of allylic oxidation sites excluding steroid dienone is 1. The van der Waals surface area contributed by atoms with Crippen molar-refractivity contribution in [1.29, 1.82) is 0 Å². The Morgan fingerprint density at radius 1 is 1.69 bits per heavy atom. The van der Waals surface area contributed by atoms with Crippen LogP contribution in [0.3, 0.4) is 0 Å². The number of isothiocyanates is 1. The Morgan fingerprint density at radius 3 is 3.23 bits per heavy atom. The van der Waals surface area contributed by atoms with E-state index in [0.29, 0.717) is 0 Å². The zero-order valence-electron chi connectivity index (χ0n) is 8.05. The van der Waals surface area contributed by atoms with Crippen LogP contribution in [0, 0.1) is 5.92 Å². The van der Waals surface area contributed by atoms with E-state index in [1.807, 2.05) is 0 Å². The molecule has 2 heteroatoms. The summed E-state index contributed by atoms with van der Waals surface area (Å²) in [6, 6.07) is 0. The van der Waals surface area contributed by atoms with E-state index >= 15 is 0 Å². The SMILES string of the molecule is CC1(N=C=S)C=C2CCCC(C2)C1. The second-order valence-corrected chi connectivity index (χ2v) is 4.71. The van der Waals surface area contributed by atoms with Crippen molar-refractivity contribution < 1.29 is 0 Å². The predicted molar refractivity (Wildman–Crippen MR) is 58.1 cm³/mol. The lowest BCUT2D eigenvalue weighted by Crippen LogP contribution is -2.30. The maximum Gasteiger partial charge on any atom is 0.0867 e. The molecule has 0 amide bonds. The van der Waals surface area contributed by atoms with Gasteiger partial charge >= 0.3 is 0 Å². The monoisotopic (exact) mass is 193 g/mol. The Labute approximate surface area is 84.9 Å². The highest BCUT2D eigenvalue weighted by Gasteiger charge is 2.32. The van der Waals surface area contributed by atoms with E-state index in [0.717, 1.165) is 5.92 Å². The number of hydrogen-bond donors (Lipinski definition) is 0. The first-order valence-electron chi connectivity index (χ1n) is 5.01. The van der Waals surface area contributed by atoms with Crippen molar-refractivity contribution in [3.63, 3.8) is 0 Å². The number of thiocarbonyl (C=S) groups is 1. The van der Waals surface area contributed by atoms with Crippen molar-refractivity contribution in [2.45, 2.75) is 44.6 Å². The maximum absolute atomic E-state index is 4.69. The van der Waals surface area contributed by atoms with E-state index in [1.165, 1.54) is 32.1 Å². The summed E-state index contributed by atoms with van der Waals surface area (Å²) >= 11 is 4.69. The summed E-state index contributed by atoms with van der Waals surface area (Å²) in [5, 5.41) is 2.53. The predicted octanol–water partition coefficient (Wildman–Crippen LogP) is 3.37. The van der Waals surface area contributed by atoms with E-state index in [9.17, 15) is 0 Å². The van der Waals surface area contributed by atoms with Crippen molar-refractivity contribution in [3.05, 3.63) is 11.6 Å². The molecule has 2 bridgehead atoms. The minimum atomic E-state index is -0.0274. The second-order valence-electron chi connectivity index (χ2n) is 4.53. The first kappa shape index (κ1) is 9.11. The lowest BCUT2D eigenvalue weighted by molar-refractivity contribution is 0.309. The summed E-state index contributed by atoms with van der Waals surface area (Å²) in [7, 11) is 0. The molecule has 1 nitrogen and oxygen atoms in total. The van der Waals surface area contributed by atoms with Gasteiger partial charge in [0.05, 0.1) is 10.7 Å². The standard InChI is InChI=1S/C11H15NS/c1-11(12-8-13)6-9-3-2-4-10(5-9)7-11/h6,10H,2-5,7H2,1H3. The van der Waals surface area contributed by atoms with Gasteiger partial charge < -0.3 is 0 Å². The fourth-order valence-electron chi connectivity index (χ4n) is 2.76. The van der Waals surface area contributed by atoms with Crippen molar-refractivity contribution in [2.24, 2.45) is 10.9 Å². The van der Waals surface area contributed by atoms with Gasteiger partial charge in [0.15, 0.2) is 0 Å². The van der Waals surface area contributed by atoms with E-state index < -0.39 is 0 Å². The molecule has 13 heavy (non-hydrogen) atoms. The molecule has 2 aliphatic rings. The molecule has 0 radical (unpaired) electrons. The summed E-state index contributed by atoms with van der Waals surface area (Å²) in [6.45, 7) is 2.17. The molecule has 0 aliphatic heterocycles. The van der Waals surface area contributed by atoms with Crippen molar-refractivity contribution >= 4 is 17.4 Å². The summed E-state index contributed by atoms with van der Waals surface area (Å²) < 4.78 is 0. The zero-order chi connectivity index (χ0) is 9.31. The lowest BCUT2D eigenvalue weighted by atomic mass is 9.72. The van der Waals surface area contributed by atoms with Gasteiger partial charge in [-0.15, -0.1) is 0 Å². The number of fused-ring (bicyclic) bond motifs is 2. The van der Waals surface area contributed by atoms with E-state index in [4.69, 9.17) is 12.2 Å². The normalized spacial score (nSPS) is 37.6. The van der Waals surface area contributed by atoms with E-state index in [1.54, 1.807) is 5.57 Å². The van der Waals surface area contributed by atoms with Crippen LogP contribution in [0.2, 0.25) is 0 Å². The lowest BCUT2D eigenvalue weighted by Gasteiger charge is -2.36. The van der Waals surface area contributed by atoms with Crippen LogP contribution in [0.15, 0.2) is 16.6 Å². The second kappa shape index (κ2) is 3.36. The number of nitrogens with zero attached hydrogens (tertiary/aromatic N) is 1. The van der Waals surface area contributed by atoms with Gasteiger partial charge in [0.2, 0.25) is 0 Å². The summed E-state index contributed by atoms with van der Waals surface area (Å²) in [5.41, 5.74) is 1.57. The highest BCUT2D eigenvalue weighted by molar-refractivity contribution is 7.78. The largest absolute Gasteiger partial charge is 0.222 e. The Morgan fingerprint density at radius 2 is 2.54 bits per heavy atom. The Kier molecular flexibility index (Phi) is 2.35. The number of hydrogen-bond acceptors (Lipinski definition) is 2. The third-order valence-electron chi connectivity index (χ3n) is 3.18. The van der Waals surface area contributed by atoms with E-state index in [-0.39, 0.29) is 5.54 Å². The highest BCUT2D eigenvalue weighted by atomic mass is 32.1. The van der Waals surface area contributed by atoms with Crippen molar-refractivity contribution in [1.82, 2.24) is 0 Å². The average Bonchev–Trinajstić information content (AvgIpc) is 2.02. The van der Waals surface area contributed by atoms with Gasteiger partial charge in [-0.3, -0.25) is 0 Å². The van der Waals surface area contributed by atoms with Crippen LogP contribution in [0.25, 0.3) is 0 Å². The minimum Gasteiger partial charge on any atom is -0.222 e. The molecule has 0 aromatic rings. The van der Waals surface area contributed by atoms with Crippen LogP contribution in [-0.2, 0) is 0 Å². The molecular weight excluding hydrogens is 178 g/mol. The van der Waals surface area contributed by atoms with Gasteiger partial charge in [-0.2, -0.15) is 0 Å². The average molecular weight is 193 g/mol. The molecule has 70 valence electrons. The fraction of sp³-hybridized carbons (Fsp3) is 0.727. The van der Waals surface area contributed by atoms with Crippen molar-refractivity contribution in [3.8, 4) is 0 Å². The van der Waals surface area contributed by atoms with Gasteiger partial charge in [-0.05, 0) is 57.2 Å². The topological polar surface area (TPSA) is 12.4 Å². The highest BCUT2D eigenvalue weighted by Crippen LogP contribution is 2.41. The third-order valence-corrected chi connectivity index (χ3v) is 3.27. The molecule has 0 saturated heterocycles. The molecule has 0 spiro atoms. The van der Waals surface area contributed by atoms with Crippen LogP contribution in [-0.4, -0.2) is 10.7 Å². The van der Waals surface area contributed by atoms with Crippen LogP contribution < -0.4 is 0 Å². The maximum atomic E-state index is 4.69. The molecule has 2 atom stereocenters. The van der Waals surface area contributed by atoms with Crippen LogP contribution in [0.4, 0.5) is 0 Å². The minimum absolute atomic E-state index is 0.0274. The Hall–Kier alpha value is -0.460. The number of aliphatic imine (C=N–C) groups is 1. The molecule has 1 fully saturated rings. The molecule has 0 heterocycles. The Balaban J connectivity index is 2.28. The summed E-state index contributed by atoms with van der Waals surface area (Å²) in [4.78, 5) is 4.29. The van der Waals surface area contributed by atoms with Crippen LogP contribution >= 0.6 is 12.2 Å². The molecule has 1 saturated carbocycles. The van der Waals surface area contributed by atoms with Gasteiger partial charge in [-0.25, -0.2) is 4.99 Å². The van der Waals surface area contributed by atoms with Crippen molar-refractivity contribution in [2.75, 3.05) is 0 Å². The van der Waals surface area contributed by atoms with Gasteiger partial charge in [0.1, 0.15) is 0 Å². The fourth-order valence-corrected chi connectivity index (χ4v) is 2.97. The molecule has 0 aromatic heterocycles. The summed E-state index contributed by atoms with van der Waals surface area (Å²) in [6.07, 6.45) is 8.82. The molecular formula is C11H15NS. The first-order valence-corrected chi connectivity index (χ1v) is 5.42. The molecule has 0 aromatic carbocycles. The first-order chi connectivity index (χ1) is 6.22. The van der Waals surface area contributed by atoms with Gasteiger partial charge in [0, 0.05) is 0 Å².